The van der Waals surface area contributed by atoms with Gasteiger partial charge in [-0.2, -0.15) is 0 Å². The number of nitrogens with two attached hydrogens (primary N) is 1. The van der Waals surface area contributed by atoms with E-state index in [1.807, 2.05) is 10.5 Å². The molecule has 5 heteroatoms. The number of benzene rings is 1. The summed E-state index contributed by atoms with van der Waals surface area (Å²) < 4.78 is 3.07. The van der Waals surface area contributed by atoms with Gasteiger partial charge in [0.2, 0.25) is 10.9 Å². The lowest BCUT2D eigenvalue weighted by molar-refractivity contribution is 1.12. The summed E-state index contributed by atoms with van der Waals surface area (Å²) in [6, 6.07) is 6.25. The third-order valence-corrected chi connectivity index (χ3v) is 3.21. The summed E-state index contributed by atoms with van der Waals surface area (Å²) in [5, 5.41) is 7.82. The van der Waals surface area contributed by atoms with Crippen molar-refractivity contribution in [2.75, 3.05) is 5.73 Å². The Balaban J connectivity index is 2.58. The number of aryl methyl sites for hydroxylation is 1. The van der Waals surface area contributed by atoms with E-state index in [4.69, 9.17) is 5.73 Å². The Hall–Kier alpha value is -1.62. The van der Waals surface area contributed by atoms with Crippen LogP contribution in [-0.2, 0) is 0 Å². The molecule has 0 aliphatic carbocycles. The van der Waals surface area contributed by atoms with Crippen LogP contribution in [0.2, 0.25) is 0 Å². The molecule has 0 aliphatic heterocycles. The first-order valence-electron chi connectivity index (χ1n) is 4.25. The zero-order chi connectivity index (χ0) is 9.71. The van der Waals surface area contributed by atoms with Crippen molar-refractivity contribution in [1.29, 1.82) is 0 Å². The SMILES string of the molecule is Cc1ccc2c(c1)sc1nnc(N)n12. The first-order valence-corrected chi connectivity index (χ1v) is 5.07. The monoisotopic (exact) mass is 204 g/mol. The second kappa shape index (κ2) is 2.45. The first-order chi connectivity index (χ1) is 6.75. The summed E-state index contributed by atoms with van der Waals surface area (Å²) in [7, 11) is 0. The van der Waals surface area contributed by atoms with Crippen LogP contribution in [-0.4, -0.2) is 14.6 Å². The summed E-state index contributed by atoms with van der Waals surface area (Å²) in [5.74, 6) is 0.454. The molecule has 14 heavy (non-hydrogen) atoms. The van der Waals surface area contributed by atoms with Gasteiger partial charge < -0.3 is 5.73 Å². The number of hydrogen-bond acceptors (Lipinski definition) is 4. The summed E-state index contributed by atoms with van der Waals surface area (Å²) >= 11 is 1.61. The Kier molecular flexibility index (Phi) is 1.36. The van der Waals surface area contributed by atoms with Gasteiger partial charge in [-0.3, -0.25) is 4.40 Å². The highest BCUT2D eigenvalue weighted by Gasteiger charge is 2.09. The van der Waals surface area contributed by atoms with Crippen molar-refractivity contribution in [3.63, 3.8) is 0 Å². The van der Waals surface area contributed by atoms with E-state index in [1.165, 1.54) is 10.3 Å². The van der Waals surface area contributed by atoms with E-state index in [0.29, 0.717) is 5.95 Å². The zero-order valence-electron chi connectivity index (χ0n) is 7.56. The van der Waals surface area contributed by atoms with Gasteiger partial charge in [0.15, 0.2) is 0 Å². The van der Waals surface area contributed by atoms with Crippen molar-refractivity contribution in [3.8, 4) is 0 Å². The third kappa shape index (κ3) is 0.871. The molecule has 0 amide bonds. The highest BCUT2D eigenvalue weighted by Crippen LogP contribution is 2.27. The Morgan fingerprint density at radius 2 is 2.21 bits per heavy atom. The third-order valence-electron chi connectivity index (χ3n) is 2.22. The number of anilines is 1. The standard InChI is InChI=1S/C9H8N4S/c1-5-2-3-6-7(4-5)14-9-12-11-8(10)13(6)9/h2-4H,1H3,(H2,10,11). The van der Waals surface area contributed by atoms with E-state index >= 15 is 0 Å². The Morgan fingerprint density at radius 3 is 3.07 bits per heavy atom. The average Bonchev–Trinajstić information content (AvgIpc) is 2.66. The van der Waals surface area contributed by atoms with Crippen molar-refractivity contribution < 1.29 is 0 Å². The number of nitrogens with zero attached hydrogens (tertiary/aromatic N) is 3. The minimum atomic E-state index is 0.454. The number of fused-ring (bicyclic) bond motifs is 3. The quantitative estimate of drug-likeness (QED) is 0.607. The van der Waals surface area contributed by atoms with Crippen LogP contribution in [0.3, 0.4) is 0 Å². The number of aromatic nitrogens is 3. The molecule has 2 heterocycles. The van der Waals surface area contributed by atoms with Gasteiger partial charge >= 0.3 is 0 Å². The van der Waals surface area contributed by atoms with Crippen LogP contribution in [0.1, 0.15) is 5.56 Å². The summed E-state index contributed by atoms with van der Waals surface area (Å²) in [4.78, 5) is 0.850. The maximum absolute atomic E-state index is 5.72. The number of thiazole rings is 1. The molecule has 0 radical (unpaired) electrons. The topological polar surface area (TPSA) is 56.2 Å². The maximum atomic E-state index is 5.72. The Labute approximate surface area is 84.0 Å². The van der Waals surface area contributed by atoms with Gasteiger partial charge in [-0.1, -0.05) is 17.4 Å². The first kappa shape index (κ1) is 7.75. The van der Waals surface area contributed by atoms with Crippen LogP contribution in [0.4, 0.5) is 5.95 Å². The normalized spacial score (nSPS) is 11.5. The van der Waals surface area contributed by atoms with E-state index in [9.17, 15) is 0 Å². The molecular weight excluding hydrogens is 196 g/mol. The van der Waals surface area contributed by atoms with Gasteiger partial charge in [0, 0.05) is 0 Å². The fourth-order valence-electron chi connectivity index (χ4n) is 1.56. The molecule has 0 spiro atoms. The van der Waals surface area contributed by atoms with E-state index < -0.39 is 0 Å². The van der Waals surface area contributed by atoms with Crippen molar-refractivity contribution in [1.82, 2.24) is 14.6 Å². The van der Waals surface area contributed by atoms with E-state index in [2.05, 4.69) is 29.3 Å². The van der Waals surface area contributed by atoms with Crippen molar-refractivity contribution in [2.24, 2.45) is 0 Å². The summed E-state index contributed by atoms with van der Waals surface area (Å²) in [5.41, 5.74) is 8.05. The molecule has 0 aliphatic rings. The molecule has 0 atom stereocenters. The van der Waals surface area contributed by atoms with E-state index in [0.717, 1.165) is 10.5 Å². The molecule has 4 nitrogen and oxygen atoms in total. The molecule has 0 saturated carbocycles. The van der Waals surface area contributed by atoms with Crippen LogP contribution in [0.25, 0.3) is 15.2 Å². The highest BCUT2D eigenvalue weighted by molar-refractivity contribution is 7.23. The lowest BCUT2D eigenvalue weighted by Gasteiger charge is -1.93. The van der Waals surface area contributed by atoms with Crippen LogP contribution in [0.5, 0.6) is 0 Å². The molecule has 70 valence electrons. The summed E-state index contributed by atoms with van der Waals surface area (Å²) in [6.07, 6.45) is 0. The van der Waals surface area contributed by atoms with Gasteiger partial charge in [-0.25, -0.2) is 0 Å². The van der Waals surface area contributed by atoms with Gasteiger partial charge in [0.05, 0.1) is 10.2 Å². The minimum absolute atomic E-state index is 0.454. The predicted molar refractivity (Wildman–Crippen MR) is 57.5 cm³/mol. The smallest absolute Gasteiger partial charge is 0.227 e. The summed E-state index contributed by atoms with van der Waals surface area (Å²) in [6.45, 7) is 2.07. The minimum Gasteiger partial charge on any atom is -0.368 e. The number of rotatable bonds is 0. The second-order valence-corrected chi connectivity index (χ2v) is 4.26. The van der Waals surface area contributed by atoms with Gasteiger partial charge in [0.25, 0.3) is 0 Å². The molecular formula is C9H8N4S. The van der Waals surface area contributed by atoms with Crippen LogP contribution in [0, 0.1) is 6.92 Å². The van der Waals surface area contributed by atoms with E-state index in [1.54, 1.807) is 11.3 Å². The second-order valence-electron chi connectivity index (χ2n) is 3.25. The molecule has 2 aromatic heterocycles. The molecule has 1 aromatic carbocycles. The lowest BCUT2D eigenvalue weighted by atomic mass is 10.2. The molecule has 3 aromatic rings. The lowest BCUT2D eigenvalue weighted by Crippen LogP contribution is -1.92. The van der Waals surface area contributed by atoms with Crippen molar-refractivity contribution in [2.45, 2.75) is 6.92 Å². The highest BCUT2D eigenvalue weighted by atomic mass is 32.1. The van der Waals surface area contributed by atoms with E-state index in [-0.39, 0.29) is 0 Å². The molecule has 2 N–H and O–H groups in total. The predicted octanol–water partition coefficient (Wildman–Crippen LogP) is 1.83. The molecule has 0 unspecified atom stereocenters. The van der Waals surface area contributed by atoms with Gasteiger partial charge in [0.1, 0.15) is 0 Å². The largest absolute Gasteiger partial charge is 0.368 e. The maximum Gasteiger partial charge on any atom is 0.227 e. The Morgan fingerprint density at radius 1 is 1.36 bits per heavy atom. The van der Waals surface area contributed by atoms with Crippen LogP contribution >= 0.6 is 11.3 Å². The van der Waals surface area contributed by atoms with Crippen molar-refractivity contribution >= 4 is 32.5 Å². The average molecular weight is 204 g/mol. The Bertz CT molecular complexity index is 622. The number of hydrogen-bond donors (Lipinski definition) is 1. The zero-order valence-corrected chi connectivity index (χ0v) is 8.38. The number of nitrogen functional groups attached to an aromatic ring is 1. The van der Waals surface area contributed by atoms with Crippen molar-refractivity contribution in [3.05, 3.63) is 23.8 Å². The molecule has 0 bridgehead atoms. The molecule has 0 fully saturated rings. The molecule has 3 rings (SSSR count). The van der Waals surface area contributed by atoms with Gasteiger partial charge in [-0.15, -0.1) is 10.2 Å². The fourth-order valence-corrected chi connectivity index (χ4v) is 2.63. The molecule has 0 saturated heterocycles. The fraction of sp³-hybridized carbons (Fsp3) is 0.111. The van der Waals surface area contributed by atoms with Crippen LogP contribution < -0.4 is 5.73 Å². The van der Waals surface area contributed by atoms with Gasteiger partial charge in [-0.05, 0) is 24.6 Å². The van der Waals surface area contributed by atoms with Crippen LogP contribution in [0.15, 0.2) is 18.2 Å².